The average molecular weight is 441 g/mol. The van der Waals surface area contributed by atoms with E-state index in [0.717, 1.165) is 65.9 Å². The van der Waals surface area contributed by atoms with Crippen LogP contribution >= 0.6 is 0 Å². The summed E-state index contributed by atoms with van der Waals surface area (Å²) in [6.45, 7) is 15.2. The van der Waals surface area contributed by atoms with E-state index in [9.17, 15) is 10.1 Å². The van der Waals surface area contributed by atoms with Gasteiger partial charge in [0.05, 0.1) is 17.2 Å². The summed E-state index contributed by atoms with van der Waals surface area (Å²) in [6.07, 6.45) is 0.896. The Hall–Kier alpha value is -3.10. The number of hydrogen-bond donors (Lipinski definition) is 1. The van der Waals surface area contributed by atoms with Gasteiger partial charge < -0.3 is 9.88 Å². The lowest BCUT2D eigenvalue weighted by Crippen LogP contribution is -2.49. The fraction of sp³-hybridized carbons (Fsp3) is 0.429. The second kappa shape index (κ2) is 7.74. The maximum Gasteiger partial charge on any atom is 0.195 e. The van der Waals surface area contributed by atoms with Crippen LogP contribution in [0.2, 0.25) is 0 Å². The third kappa shape index (κ3) is 3.28. The first-order valence-electron chi connectivity index (χ1n) is 12.0. The summed E-state index contributed by atoms with van der Waals surface area (Å²) in [5, 5.41) is 10.2. The van der Waals surface area contributed by atoms with E-state index in [1.165, 1.54) is 11.3 Å². The second-order valence-corrected chi connectivity index (χ2v) is 10.2. The number of benzene rings is 2. The summed E-state index contributed by atoms with van der Waals surface area (Å²) in [5.41, 5.74) is 7.24. The molecule has 3 aromatic rings. The van der Waals surface area contributed by atoms with Crippen LogP contribution in [0.5, 0.6) is 0 Å². The number of rotatable bonds is 3. The van der Waals surface area contributed by atoms with Crippen molar-refractivity contribution in [3.05, 3.63) is 63.8 Å². The Morgan fingerprint density at radius 2 is 1.85 bits per heavy atom. The fourth-order valence-corrected chi connectivity index (χ4v) is 5.64. The summed E-state index contributed by atoms with van der Waals surface area (Å²) in [4.78, 5) is 22.3. The van der Waals surface area contributed by atoms with E-state index in [-0.39, 0.29) is 11.2 Å². The predicted octanol–water partition coefficient (Wildman–Crippen LogP) is 5.00. The molecule has 5 heteroatoms. The summed E-state index contributed by atoms with van der Waals surface area (Å²) < 4.78 is 0. The van der Waals surface area contributed by atoms with Gasteiger partial charge in [-0.3, -0.25) is 9.69 Å². The van der Waals surface area contributed by atoms with E-state index in [4.69, 9.17) is 0 Å². The number of nitrogens with one attached hydrogen (secondary N) is 1. The molecule has 0 unspecified atom stereocenters. The van der Waals surface area contributed by atoms with Gasteiger partial charge in [-0.15, -0.1) is 0 Å². The van der Waals surface area contributed by atoms with Crippen LogP contribution in [0.4, 0.5) is 5.69 Å². The third-order valence-electron chi connectivity index (χ3n) is 7.68. The van der Waals surface area contributed by atoms with Gasteiger partial charge in [-0.1, -0.05) is 26.8 Å². The van der Waals surface area contributed by atoms with Crippen LogP contribution in [0.1, 0.15) is 72.9 Å². The third-order valence-corrected chi connectivity index (χ3v) is 7.68. The van der Waals surface area contributed by atoms with Gasteiger partial charge in [0, 0.05) is 65.5 Å². The lowest BCUT2D eigenvalue weighted by molar-refractivity contribution is 0.103. The van der Waals surface area contributed by atoms with Gasteiger partial charge in [-0.25, -0.2) is 0 Å². The number of anilines is 1. The zero-order valence-electron chi connectivity index (χ0n) is 20.2. The number of ketones is 1. The van der Waals surface area contributed by atoms with Crippen molar-refractivity contribution in [3.63, 3.8) is 0 Å². The molecular weight excluding hydrogens is 408 g/mol. The Morgan fingerprint density at radius 1 is 1.12 bits per heavy atom. The van der Waals surface area contributed by atoms with Crippen molar-refractivity contribution in [2.75, 3.05) is 31.1 Å². The zero-order valence-corrected chi connectivity index (χ0v) is 20.2. The standard InChI is InChI=1S/C28H32N4O/c1-6-19-14-21-22(15-24(19)32-11-9-31(10-12-32)17(2)3)28(4,5)27-25(26(21)33)20-8-7-18(16-29)13-23(20)30-27/h7-8,13-15,17,30H,6,9-12H2,1-5H3. The molecule has 1 aromatic heterocycles. The van der Waals surface area contributed by atoms with E-state index in [2.05, 4.69) is 67.6 Å². The van der Waals surface area contributed by atoms with E-state index >= 15 is 0 Å². The summed E-state index contributed by atoms with van der Waals surface area (Å²) in [5.74, 6) is 0.0844. The van der Waals surface area contributed by atoms with Crippen LogP contribution in [0.15, 0.2) is 30.3 Å². The first-order valence-corrected chi connectivity index (χ1v) is 12.0. The van der Waals surface area contributed by atoms with E-state index in [1.807, 2.05) is 12.1 Å². The smallest absolute Gasteiger partial charge is 0.195 e. The number of fused-ring (bicyclic) bond motifs is 4. The van der Waals surface area contributed by atoms with Gasteiger partial charge in [-0.2, -0.15) is 5.26 Å². The molecule has 0 radical (unpaired) electrons. The minimum atomic E-state index is -0.342. The van der Waals surface area contributed by atoms with Crippen LogP contribution in [-0.2, 0) is 11.8 Å². The van der Waals surface area contributed by atoms with Gasteiger partial charge in [0.25, 0.3) is 0 Å². The van der Waals surface area contributed by atoms with Crippen molar-refractivity contribution in [1.82, 2.24) is 9.88 Å². The molecule has 33 heavy (non-hydrogen) atoms. The highest BCUT2D eigenvalue weighted by atomic mass is 16.1. The van der Waals surface area contributed by atoms with Crippen molar-refractivity contribution in [1.29, 1.82) is 5.26 Å². The van der Waals surface area contributed by atoms with Crippen molar-refractivity contribution in [2.45, 2.75) is 52.5 Å². The summed E-state index contributed by atoms with van der Waals surface area (Å²) in [6, 6.07) is 12.8. The number of H-pyrrole nitrogens is 1. The Balaban J connectivity index is 1.63. The van der Waals surface area contributed by atoms with Gasteiger partial charge in [0.15, 0.2) is 5.78 Å². The van der Waals surface area contributed by atoms with Crippen LogP contribution in [0, 0.1) is 11.3 Å². The molecule has 5 rings (SSSR count). The minimum absolute atomic E-state index is 0.0844. The highest BCUT2D eigenvalue weighted by Gasteiger charge is 2.40. The molecule has 1 saturated heterocycles. The molecule has 0 bridgehead atoms. The molecule has 0 atom stereocenters. The number of aromatic amines is 1. The number of hydrogen-bond acceptors (Lipinski definition) is 4. The SMILES string of the molecule is CCc1cc2c(cc1N1CCN(C(C)C)CC1)C(C)(C)c1[nH]c3cc(C#N)ccc3c1C2=O. The lowest BCUT2D eigenvalue weighted by atomic mass is 9.70. The first kappa shape index (κ1) is 21.7. The van der Waals surface area contributed by atoms with Gasteiger partial charge in [-0.05, 0) is 55.7 Å². The first-order chi connectivity index (χ1) is 15.8. The highest BCUT2D eigenvalue weighted by Crippen LogP contribution is 2.45. The second-order valence-electron chi connectivity index (χ2n) is 10.2. The largest absolute Gasteiger partial charge is 0.369 e. The van der Waals surface area contributed by atoms with E-state index in [1.54, 1.807) is 6.07 Å². The molecule has 1 N–H and O–H groups in total. The maximum absolute atomic E-state index is 13.8. The van der Waals surface area contributed by atoms with Gasteiger partial charge in [0.1, 0.15) is 0 Å². The molecule has 2 heterocycles. The van der Waals surface area contributed by atoms with Crippen LogP contribution in [0.25, 0.3) is 10.9 Å². The number of nitriles is 1. The summed E-state index contributed by atoms with van der Waals surface area (Å²) in [7, 11) is 0. The minimum Gasteiger partial charge on any atom is -0.369 e. The monoisotopic (exact) mass is 440 g/mol. The lowest BCUT2D eigenvalue weighted by Gasteiger charge is -2.40. The normalized spacial score (nSPS) is 17.8. The Bertz CT molecular complexity index is 1300. The van der Waals surface area contributed by atoms with Crippen LogP contribution < -0.4 is 4.90 Å². The highest BCUT2D eigenvalue weighted by molar-refractivity contribution is 6.20. The molecule has 170 valence electrons. The quantitative estimate of drug-likeness (QED) is 0.622. The van der Waals surface area contributed by atoms with E-state index < -0.39 is 0 Å². The number of carbonyl (C=O) groups excluding carboxylic acids is 1. The van der Waals surface area contributed by atoms with Crippen molar-refractivity contribution < 1.29 is 4.79 Å². The van der Waals surface area contributed by atoms with Crippen LogP contribution in [-0.4, -0.2) is 47.9 Å². The number of piperazine rings is 1. The number of carbonyl (C=O) groups is 1. The topological polar surface area (TPSA) is 63.1 Å². The Labute approximate surface area is 196 Å². The summed E-state index contributed by atoms with van der Waals surface area (Å²) >= 11 is 0. The van der Waals surface area contributed by atoms with Crippen molar-refractivity contribution in [2.24, 2.45) is 0 Å². The predicted molar refractivity (Wildman–Crippen MR) is 133 cm³/mol. The average Bonchev–Trinajstić information content (AvgIpc) is 3.22. The molecule has 0 spiro atoms. The zero-order chi connectivity index (χ0) is 23.5. The molecule has 0 saturated carbocycles. The molecule has 2 aromatic carbocycles. The fourth-order valence-electron chi connectivity index (χ4n) is 5.64. The molecule has 1 fully saturated rings. The molecular formula is C28H32N4O. The number of aromatic nitrogens is 1. The van der Waals surface area contributed by atoms with Gasteiger partial charge in [0.2, 0.25) is 0 Å². The maximum atomic E-state index is 13.8. The van der Waals surface area contributed by atoms with E-state index in [0.29, 0.717) is 11.6 Å². The number of aryl methyl sites for hydroxylation is 1. The van der Waals surface area contributed by atoms with Crippen LogP contribution in [0.3, 0.4) is 0 Å². The molecule has 1 aliphatic carbocycles. The Kier molecular flexibility index (Phi) is 5.10. The molecule has 2 aliphatic rings. The molecule has 5 nitrogen and oxygen atoms in total. The molecule has 0 amide bonds. The van der Waals surface area contributed by atoms with Gasteiger partial charge >= 0.3 is 0 Å². The molecule has 1 aliphatic heterocycles. The van der Waals surface area contributed by atoms with Crippen molar-refractivity contribution >= 4 is 22.4 Å². The van der Waals surface area contributed by atoms with Crippen molar-refractivity contribution in [3.8, 4) is 6.07 Å². The Morgan fingerprint density at radius 3 is 2.48 bits per heavy atom. The number of nitrogens with zero attached hydrogens (tertiary/aromatic N) is 3.